The lowest BCUT2D eigenvalue weighted by Gasteiger charge is -2.07. The van der Waals surface area contributed by atoms with Gasteiger partial charge < -0.3 is 14.5 Å². The Balaban J connectivity index is 1.48. The molecule has 0 fully saturated rings. The maximum atomic E-state index is 12.1. The molecule has 138 valence electrons. The first-order valence-corrected chi connectivity index (χ1v) is 8.08. The van der Waals surface area contributed by atoms with Crippen molar-refractivity contribution in [1.29, 1.82) is 0 Å². The zero-order valence-corrected chi connectivity index (χ0v) is 14.4. The Morgan fingerprint density at radius 3 is 2.74 bits per heavy atom. The van der Waals surface area contributed by atoms with Crippen molar-refractivity contribution in [3.8, 4) is 17.3 Å². The summed E-state index contributed by atoms with van der Waals surface area (Å²) < 4.78 is 10.7. The Morgan fingerprint density at radius 1 is 1.26 bits per heavy atom. The minimum atomic E-state index is -0.483. The molecule has 0 aliphatic carbocycles. The van der Waals surface area contributed by atoms with Gasteiger partial charge in [0.05, 0.1) is 17.7 Å². The van der Waals surface area contributed by atoms with E-state index in [1.807, 2.05) is 0 Å². The van der Waals surface area contributed by atoms with E-state index in [4.69, 9.17) is 9.15 Å². The summed E-state index contributed by atoms with van der Waals surface area (Å²) in [5.41, 5.74) is 1.34. The number of amides is 1. The van der Waals surface area contributed by atoms with Crippen LogP contribution in [-0.4, -0.2) is 34.2 Å². The summed E-state index contributed by atoms with van der Waals surface area (Å²) in [5.74, 6) is 0.598. The van der Waals surface area contributed by atoms with Gasteiger partial charge in [-0.1, -0.05) is 0 Å². The Morgan fingerprint density at radius 2 is 2.11 bits per heavy atom. The number of nitro benzene ring substituents is 1. The molecule has 0 unspecified atom stereocenters. The van der Waals surface area contributed by atoms with E-state index in [0.29, 0.717) is 28.5 Å². The summed E-state index contributed by atoms with van der Waals surface area (Å²) in [5, 5.41) is 21.4. The number of nitrogens with one attached hydrogen (secondary N) is 1. The molecule has 0 aliphatic heterocycles. The van der Waals surface area contributed by atoms with E-state index < -0.39 is 4.92 Å². The number of hydrogen-bond donors (Lipinski definition) is 1. The van der Waals surface area contributed by atoms with E-state index in [-0.39, 0.29) is 24.7 Å². The standard InChI is InChI=1S/C18H16N4O5/c1-12-11-13(4-6-15(12)22(24)25)18(23)19-8-10-27-17-7-5-14(20-21-17)16-3-2-9-26-16/h2-7,9,11H,8,10H2,1H3,(H,19,23). The topological polar surface area (TPSA) is 120 Å². The molecule has 2 heterocycles. The lowest BCUT2D eigenvalue weighted by atomic mass is 10.1. The highest BCUT2D eigenvalue weighted by molar-refractivity contribution is 5.94. The number of aryl methyl sites for hydroxylation is 1. The molecule has 1 N–H and O–H groups in total. The highest BCUT2D eigenvalue weighted by Gasteiger charge is 2.13. The Labute approximate surface area is 154 Å². The predicted octanol–water partition coefficient (Wildman–Crippen LogP) is 2.76. The van der Waals surface area contributed by atoms with E-state index in [9.17, 15) is 14.9 Å². The minimum absolute atomic E-state index is 0.0218. The number of carbonyl (C=O) groups is 1. The third-order valence-corrected chi connectivity index (χ3v) is 3.71. The van der Waals surface area contributed by atoms with Gasteiger partial charge in [0, 0.05) is 23.3 Å². The van der Waals surface area contributed by atoms with Gasteiger partial charge in [-0.2, -0.15) is 0 Å². The van der Waals surface area contributed by atoms with Crippen LogP contribution in [0.5, 0.6) is 5.88 Å². The van der Waals surface area contributed by atoms with Crippen LogP contribution in [0.25, 0.3) is 11.5 Å². The number of nitrogens with zero attached hydrogens (tertiary/aromatic N) is 3. The molecule has 27 heavy (non-hydrogen) atoms. The van der Waals surface area contributed by atoms with Gasteiger partial charge in [-0.05, 0) is 37.3 Å². The molecule has 1 aromatic carbocycles. The highest BCUT2D eigenvalue weighted by atomic mass is 16.6. The first-order chi connectivity index (χ1) is 13.0. The van der Waals surface area contributed by atoms with Crippen LogP contribution >= 0.6 is 0 Å². The molecule has 3 aromatic rings. The maximum absolute atomic E-state index is 12.1. The Bertz CT molecular complexity index is 939. The van der Waals surface area contributed by atoms with E-state index in [2.05, 4.69) is 15.5 Å². The van der Waals surface area contributed by atoms with Gasteiger partial charge in [0.25, 0.3) is 11.6 Å². The summed E-state index contributed by atoms with van der Waals surface area (Å²) in [4.78, 5) is 22.4. The summed E-state index contributed by atoms with van der Waals surface area (Å²) >= 11 is 0. The second kappa shape index (κ2) is 8.09. The van der Waals surface area contributed by atoms with Crippen LogP contribution in [0.15, 0.2) is 53.1 Å². The summed E-state index contributed by atoms with van der Waals surface area (Å²) in [6, 6.07) is 11.1. The summed E-state index contributed by atoms with van der Waals surface area (Å²) in [6.07, 6.45) is 1.55. The summed E-state index contributed by atoms with van der Waals surface area (Å²) in [6.45, 7) is 2.03. The van der Waals surface area contributed by atoms with Crippen LogP contribution in [0, 0.1) is 17.0 Å². The lowest BCUT2D eigenvalue weighted by molar-refractivity contribution is -0.385. The number of furan rings is 1. The fourth-order valence-corrected chi connectivity index (χ4v) is 2.38. The molecule has 9 nitrogen and oxygen atoms in total. The smallest absolute Gasteiger partial charge is 0.272 e. The van der Waals surface area contributed by atoms with Crippen molar-refractivity contribution in [3.05, 3.63) is 70.0 Å². The molecule has 0 bridgehead atoms. The molecule has 9 heteroatoms. The molecule has 2 aromatic heterocycles. The van der Waals surface area contributed by atoms with Gasteiger partial charge in [0.2, 0.25) is 5.88 Å². The van der Waals surface area contributed by atoms with Crippen LogP contribution in [0.2, 0.25) is 0 Å². The molecule has 0 atom stereocenters. The second-order valence-corrected chi connectivity index (χ2v) is 5.60. The van der Waals surface area contributed by atoms with E-state index >= 15 is 0 Å². The van der Waals surface area contributed by atoms with Crippen molar-refractivity contribution >= 4 is 11.6 Å². The van der Waals surface area contributed by atoms with Gasteiger partial charge >= 0.3 is 0 Å². The monoisotopic (exact) mass is 368 g/mol. The number of hydrogen-bond acceptors (Lipinski definition) is 7. The van der Waals surface area contributed by atoms with E-state index in [1.165, 1.54) is 18.2 Å². The lowest BCUT2D eigenvalue weighted by Crippen LogP contribution is -2.28. The molecule has 0 spiro atoms. The van der Waals surface area contributed by atoms with Crippen molar-refractivity contribution in [2.75, 3.05) is 13.2 Å². The van der Waals surface area contributed by atoms with Gasteiger partial charge in [-0.25, -0.2) is 0 Å². The quantitative estimate of drug-likeness (QED) is 0.387. The minimum Gasteiger partial charge on any atom is -0.475 e. The molecule has 0 aliphatic rings. The van der Waals surface area contributed by atoms with Gasteiger partial charge in [0.15, 0.2) is 5.76 Å². The highest BCUT2D eigenvalue weighted by Crippen LogP contribution is 2.19. The number of ether oxygens (including phenoxy) is 1. The van der Waals surface area contributed by atoms with Crippen LogP contribution < -0.4 is 10.1 Å². The molecule has 0 saturated carbocycles. The number of benzene rings is 1. The van der Waals surface area contributed by atoms with Gasteiger partial charge in [0.1, 0.15) is 12.3 Å². The van der Waals surface area contributed by atoms with Crippen LogP contribution in [-0.2, 0) is 0 Å². The normalized spacial score (nSPS) is 10.4. The predicted molar refractivity (Wildman–Crippen MR) is 95.4 cm³/mol. The van der Waals surface area contributed by atoms with Crippen LogP contribution in [0.1, 0.15) is 15.9 Å². The SMILES string of the molecule is Cc1cc(C(=O)NCCOc2ccc(-c3ccco3)nn2)ccc1[N+](=O)[O-]. The van der Waals surface area contributed by atoms with Crippen molar-refractivity contribution in [1.82, 2.24) is 15.5 Å². The van der Waals surface area contributed by atoms with Gasteiger partial charge in [-0.3, -0.25) is 14.9 Å². The first-order valence-electron chi connectivity index (χ1n) is 8.08. The van der Waals surface area contributed by atoms with Crippen LogP contribution in [0.3, 0.4) is 0 Å². The van der Waals surface area contributed by atoms with E-state index in [0.717, 1.165) is 0 Å². The van der Waals surface area contributed by atoms with Gasteiger partial charge in [-0.15, -0.1) is 10.2 Å². The number of nitro groups is 1. The molecule has 3 rings (SSSR count). The zero-order chi connectivity index (χ0) is 19.2. The van der Waals surface area contributed by atoms with E-state index in [1.54, 1.807) is 37.5 Å². The fraction of sp³-hybridized carbons (Fsp3) is 0.167. The maximum Gasteiger partial charge on any atom is 0.272 e. The molecular weight excluding hydrogens is 352 g/mol. The first kappa shape index (κ1) is 18.1. The fourth-order valence-electron chi connectivity index (χ4n) is 2.38. The Hall–Kier alpha value is -3.75. The average Bonchev–Trinajstić information content (AvgIpc) is 3.20. The molecular formula is C18H16N4O5. The molecule has 1 amide bonds. The molecule has 0 saturated heterocycles. The summed E-state index contributed by atoms with van der Waals surface area (Å²) in [7, 11) is 0. The van der Waals surface area contributed by atoms with Crippen molar-refractivity contribution in [2.45, 2.75) is 6.92 Å². The largest absolute Gasteiger partial charge is 0.475 e. The number of carbonyl (C=O) groups excluding carboxylic acids is 1. The van der Waals surface area contributed by atoms with Crippen molar-refractivity contribution in [2.24, 2.45) is 0 Å². The third-order valence-electron chi connectivity index (χ3n) is 3.71. The number of aromatic nitrogens is 2. The second-order valence-electron chi connectivity index (χ2n) is 5.60. The Kier molecular flexibility index (Phi) is 5.41. The van der Waals surface area contributed by atoms with Crippen molar-refractivity contribution < 1.29 is 18.9 Å². The molecule has 0 radical (unpaired) electrons. The van der Waals surface area contributed by atoms with Crippen LogP contribution in [0.4, 0.5) is 5.69 Å². The third kappa shape index (κ3) is 4.46. The van der Waals surface area contributed by atoms with Crippen molar-refractivity contribution in [3.63, 3.8) is 0 Å². The average molecular weight is 368 g/mol. The number of rotatable bonds is 7. The zero-order valence-electron chi connectivity index (χ0n) is 14.4.